The molecule has 1 spiro atoms. The van der Waals surface area contributed by atoms with Gasteiger partial charge in [0.15, 0.2) is 0 Å². The summed E-state index contributed by atoms with van der Waals surface area (Å²) in [5.74, 6) is 1.13. The fourth-order valence-electron chi connectivity index (χ4n) is 4.73. The number of benzene rings is 2. The number of rotatable bonds is 6. The van der Waals surface area contributed by atoms with Crippen LogP contribution in [0.25, 0.3) is 0 Å². The predicted octanol–water partition coefficient (Wildman–Crippen LogP) is 3.14. The highest BCUT2D eigenvalue weighted by atomic mass is 16.5. The Kier molecular flexibility index (Phi) is 5.86. The highest BCUT2D eigenvalue weighted by Crippen LogP contribution is 2.41. The number of nitrogens with zero attached hydrogens (tertiary/aromatic N) is 1. The molecule has 2 aromatic rings. The molecule has 1 heterocycles. The Balaban J connectivity index is 1.49. The van der Waals surface area contributed by atoms with E-state index in [4.69, 9.17) is 9.47 Å². The number of ether oxygens (including phenoxy) is 2. The number of aliphatic hydroxyl groups excluding tert-OH is 1. The normalized spacial score (nSPS) is 20.8. The summed E-state index contributed by atoms with van der Waals surface area (Å²) in [7, 11) is 1.60. The van der Waals surface area contributed by atoms with Crippen molar-refractivity contribution in [2.45, 2.75) is 51.7 Å². The van der Waals surface area contributed by atoms with Crippen LogP contribution in [0.5, 0.6) is 11.5 Å². The summed E-state index contributed by atoms with van der Waals surface area (Å²) in [6, 6.07) is 9.11. The van der Waals surface area contributed by atoms with E-state index < -0.39 is 17.7 Å². The van der Waals surface area contributed by atoms with Crippen molar-refractivity contribution in [2.24, 2.45) is 0 Å². The average molecular weight is 439 g/mol. The summed E-state index contributed by atoms with van der Waals surface area (Å²) in [5, 5.41) is 13.5. The van der Waals surface area contributed by atoms with Gasteiger partial charge in [0.25, 0.3) is 5.91 Å². The number of β-amino-alcohol motifs (C(OH)–C–C–N with tert-alkyl or cyclic N) is 1. The first-order valence-corrected chi connectivity index (χ1v) is 11.0. The van der Waals surface area contributed by atoms with E-state index in [0.717, 1.165) is 57.1 Å². The van der Waals surface area contributed by atoms with Crippen LogP contribution in [0.4, 0.5) is 4.79 Å². The zero-order valence-corrected chi connectivity index (χ0v) is 19.0. The molecule has 0 saturated carbocycles. The number of nitrogens with one attached hydrogen (secondary N) is 1. The van der Waals surface area contributed by atoms with E-state index in [9.17, 15) is 14.7 Å². The van der Waals surface area contributed by atoms with Gasteiger partial charge in [-0.15, -0.1) is 0 Å². The Morgan fingerprint density at radius 2 is 1.91 bits per heavy atom. The molecule has 2 aliphatic rings. The van der Waals surface area contributed by atoms with Gasteiger partial charge in [-0.3, -0.25) is 9.69 Å². The average Bonchev–Trinajstić information content (AvgIpc) is 3.00. The molecule has 0 bridgehead atoms. The van der Waals surface area contributed by atoms with Gasteiger partial charge in [-0.05, 0) is 80.0 Å². The first-order valence-electron chi connectivity index (χ1n) is 11.0. The molecule has 2 N–H and O–H groups in total. The van der Waals surface area contributed by atoms with E-state index in [0.29, 0.717) is 6.42 Å². The Bertz CT molecular complexity index is 1070. The van der Waals surface area contributed by atoms with Crippen LogP contribution in [0.2, 0.25) is 0 Å². The minimum atomic E-state index is -1.08. The molecule has 1 aliphatic heterocycles. The minimum Gasteiger partial charge on any atom is -0.497 e. The first kappa shape index (κ1) is 22.1. The Morgan fingerprint density at radius 1 is 1.16 bits per heavy atom. The van der Waals surface area contributed by atoms with Gasteiger partial charge in [-0.25, -0.2) is 4.79 Å². The van der Waals surface area contributed by atoms with Crippen LogP contribution in [-0.2, 0) is 16.8 Å². The monoisotopic (exact) mass is 438 g/mol. The number of imide groups is 1. The van der Waals surface area contributed by atoms with Crippen molar-refractivity contribution in [1.29, 1.82) is 0 Å². The number of urea groups is 1. The number of methoxy groups -OCH3 is 1. The molecule has 0 unspecified atom stereocenters. The molecule has 1 saturated heterocycles. The van der Waals surface area contributed by atoms with Gasteiger partial charge in [0, 0.05) is 0 Å². The minimum absolute atomic E-state index is 0.0109. The second kappa shape index (κ2) is 8.47. The lowest BCUT2D eigenvalue weighted by Crippen LogP contribution is -2.47. The third-order valence-electron chi connectivity index (χ3n) is 6.63. The van der Waals surface area contributed by atoms with E-state index in [1.165, 1.54) is 0 Å². The SMILES string of the molecule is COc1ccc2c(c1)CCC[C@@]21NC(=O)N(C[C@H](O)COc2c(C)ccc(C)c2C)C1=O. The molecule has 2 atom stereocenters. The number of aryl methyl sites for hydroxylation is 3. The number of carbonyl (C=O) groups is 2. The highest BCUT2D eigenvalue weighted by molar-refractivity contribution is 6.07. The molecule has 4 rings (SSSR count). The van der Waals surface area contributed by atoms with Crippen molar-refractivity contribution in [3.63, 3.8) is 0 Å². The molecule has 32 heavy (non-hydrogen) atoms. The molecular formula is C25H30N2O5. The lowest BCUT2D eigenvalue weighted by molar-refractivity contribution is -0.133. The van der Waals surface area contributed by atoms with E-state index >= 15 is 0 Å². The molecular weight excluding hydrogens is 408 g/mol. The zero-order valence-electron chi connectivity index (χ0n) is 19.0. The fourth-order valence-corrected chi connectivity index (χ4v) is 4.73. The third kappa shape index (κ3) is 3.71. The third-order valence-corrected chi connectivity index (χ3v) is 6.63. The summed E-state index contributed by atoms with van der Waals surface area (Å²) in [6.45, 7) is 5.79. The maximum absolute atomic E-state index is 13.4. The number of aliphatic hydroxyl groups is 1. The van der Waals surface area contributed by atoms with Crippen LogP contribution in [0.15, 0.2) is 30.3 Å². The number of hydrogen-bond acceptors (Lipinski definition) is 5. The van der Waals surface area contributed by atoms with Gasteiger partial charge in [-0.1, -0.05) is 18.2 Å². The standard InChI is InChI=1S/C25H30N2O5/c1-15-7-8-16(2)22(17(15)3)32-14-19(28)13-27-23(29)25(26-24(27)30)11-5-6-18-12-20(31-4)9-10-21(18)25/h7-10,12,19,28H,5-6,11,13-14H2,1-4H3,(H,26,30)/t19-,25+/m0/s1. The van der Waals surface area contributed by atoms with Crippen molar-refractivity contribution in [3.05, 3.63) is 58.1 Å². The summed E-state index contributed by atoms with van der Waals surface area (Å²) in [5.41, 5.74) is 3.82. The van der Waals surface area contributed by atoms with Gasteiger partial charge < -0.3 is 19.9 Å². The molecule has 7 nitrogen and oxygen atoms in total. The zero-order chi connectivity index (χ0) is 23.0. The second-order valence-corrected chi connectivity index (χ2v) is 8.75. The fraction of sp³-hybridized carbons (Fsp3) is 0.440. The molecule has 3 amide bonds. The first-order chi connectivity index (χ1) is 15.3. The maximum Gasteiger partial charge on any atom is 0.325 e. The predicted molar refractivity (Wildman–Crippen MR) is 120 cm³/mol. The molecule has 0 aromatic heterocycles. The van der Waals surface area contributed by atoms with Crippen LogP contribution in [0.1, 0.15) is 40.7 Å². The Hall–Kier alpha value is -3.06. The molecule has 2 aromatic carbocycles. The molecule has 1 fully saturated rings. The van der Waals surface area contributed by atoms with Gasteiger partial charge in [0.05, 0.1) is 13.7 Å². The lowest BCUT2D eigenvalue weighted by atomic mass is 9.76. The van der Waals surface area contributed by atoms with Crippen LogP contribution in [-0.4, -0.2) is 48.3 Å². The van der Waals surface area contributed by atoms with Crippen molar-refractivity contribution in [1.82, 2.24) is 10.2 Å². The van der Waals surface area contributed by atoms with Crippen molar-refractivity contribution in [3.8, 4) is 11.5 Å². The molecule has 170 valence electrons. The summed E-state index contributed by atoms with van der Waals surface area (Å²) >= 11 is 0. The molecule has 1 aliphatic carbocycles. The largest absolute Gasteiger partial charge is 0.497 e. The second-order valence-electron chi connectivity index (χ2n) is 8.75. The van der Waals surface area contributed by atoms with Crippen molar-refractivity contribution in [2.75, 3.05) is 20.3 Å². The summed E-state index contributed by atoms with van der Waals surface area (Å²) in [4.78, 5) is 27.3. The van der Waals surface area contributed by atoms with Gasteiger partial charge in [-0.2, -0.15) is 0 Å². The van der Waals surface area contributed by atoms with Crippen LogP contribution < -0.4 is 14.8 Å². The van der Waals surface area contributed by atoms with Gasteiger partial charge in [0.1, 0.15) is 29.7 Å². The molecule has 0 radical (unpaired) electrons. The van der Waals surface area contributed by atoms with Crippen LogP contribution in [0.3, 0.4) is 0 Å². The van der Waals surface area contributed by atoms with Gasteiger partial charge in [0.2, 0.25) is 0 Å². The maximum atomic E-state index is 13.4. The van der Waals surface area contributed by atoms with Crippen molar-refractivity contribution < 1.29 is 24.2 Å². The van der Waals surface area contributed by atoms with E-state index in [2.05, 4.69) is 5.32 Å². The Labute approximate surface area is 188 Å². The molecule has 7 heteroatoms. The van der Waals surface area contributed by atoms with Crippen LogP contribution >= 0.6 is 0 Å². The smallest absolute Gasteiger partial charge is 0.325 e. The number of amides is 3. The topological polar surface area (TPSA) is 88.1 Å². The van der Waals surface area contributed by atoms with Crippen LogP contribution in [0, 0.1) is 20.8 Å². The van der Waals surface area contributed by atoms with E-state index in [1.54, 1.807) is 7.11 Å². The number of hydrogen-bond donors (Lipinski definition) is 2. The van der Waals surface area contributed by atoms with E-state index in [1.807, 2.05) is 51.1 Å². The number of carbonyl (C=O) groups excluding carboxylic acids is 2. The lowest BCUT2D eigenvalue weighted by Gasteiger charge is -2.33. The number of fused-ring (bicyclic) bond motifs is 2. The summed E-state index contributed by atoms with van der Waals surface area (Å²) in [6.07, 6.45) is 1.13. The quantitative estimate of drug-likeness (QED) is 0.677. The Morgan fingerprint density at radius 3 is 2.66 bits per heavy atom. The van der Waals surface area contributed by atoms with E-state index in [-0.39, 0.29) is 19.1 Å². The van der Waals surface area contributed by atoms with Gasteiger partial charge >= 0.3 is 6.03 Å². The highest BCUT2D eigenvalue weighted by Gasteiger charge is 2.54. The summed E-state index contributed by atoms with van der Waals surface area (Å²) < 4.78 is 11.2. The van der Waals surface area contributed by atoms with Crippen molar-refractivity contribution >= 4 is 11.9 Å².